The number of aryl methyl sites for hydroxylation is 1. The fourth-order valence-corrected chi connectivity index (χ4v) is 5.68. The fraction of sp³-hybridized carbons (Fsp3) is 0.632. The van der Waals surface area contributed by atoms with Crippen LogP contribution in [0.2, 0.25) is 0 Å². The molecule has 2 aliphatic rings. The summed E-state index contributed by atoms with van der Waals surface area (Å²) in [5.74, 6) is -0.0789. The summed E-state index contributed by atoms with van der Waals surface area (Å²) in [6.07, 6.45) is 7.43. The second kappa shape index (κ2) is 7.46. The SMILES string of the molecule is Cc1ccc(C(=O)N(C)C2CCCCC2)cc1S(=O)(=O)N1CCCC1. The average Bonchev–Trinajstić information content (AvgIpc) is 3.17. The molecule has 5 nitrogen and oxygen atoms in total. The first-order valence-corrected chi connectivity index (χ1v) is 10.7. The molecular formula is C19H28N2O3S. The van der Waals surface area contributed by atoms with Crippen molar-refractivity contribution in [3.05, 3.63) is 29.3 Å². The number of hydrogen-bond acceptors (Lipinski definition) is 3. The van der Waals surface area contributed by atoms with Crippen molar-refractivity contribution >= 4 is 15.9 Å². The van der Waals surface area contributed by atoms with Gasteiger partial charge in [-0.1, -0.05) is 25.3 Å². The molecule has 1 saturated heterocycles. The summed E-state index contributed by atoms with van der Waals surface area (Å²) in [7, 11) is -1.67. The molecule has 0 radical (unpaired) electrons. The largest absolute Gasteiger partial charge is 0.339 e. The van der Waals surface area contributed by atoms with Crippen LogP contribution < -0.4 is 0 Å². The third kappa shape index (κ3) is 3.75. The van der Waals surface area contributed by atoms with E-state index in [4.69, 9.17) is 0 Å². The zero-order valence-electron chi connectivity index (χ0n) is 15.2. The number of hydrogen-bond donors (Lipinski definition) is 0. The van der Waals surface area contributed by atoms with E-state index in [1.165, 1.54) is 10.7 Å². The highest BCUT2D eigenvalue weighted by atomic mass is 32.2. The second-order valence-electron chi connectivity index (χ2n) is 7.30. The lowest BCUT2D eigenvalue weighted by atomic mass is 9.94. The summed E-state index contributed by atoms with van der Waals surface area (Å²) in [5.41, 5.74) is 1.17. The van der Waals surface area contributed by atoms with Crippen molar-refractivity contribution in [1.82, 2.24) is 9.21 Å². The molecule has 1 heterocycles. The monoisotopic (exact) mass is 364 g/mol. The maximum atomic E-state index is 12.9. The summed E-state index contributed by atoms with van der Waals surface area (Å²) in [6, 6.07) is 5.34. The normalized spacial score (nSPS) is 19.9. The lowest BCUT2D eigenvalue weighted by Gasteiger charge is -2.31. The van der Waals surface area contributed by atoms with Crippen molar-refractivity contribution in [2.24, 2.45) is 0 Å². The standard InChI is InChI=1S/C19H28N2O3S/c1-15-10-11-16(19(22)20(2)17-8-4-3-5-9-17)14-18(15)25(23,24)21-12-6-7-13-21/h10-11,14,17H,3-9,12-13H2,1-2H3. The number of nitrogens with zero attached hydrogens (tertiary/aromatic N) is 2. The van der Waals surface area contributed by atoms with Crippen LogP contribution in [0.25, 0.3) is 0 Å². The van der Waals surface area contributed by atoms with Gasteiger partial charge in [-0.25, -0.2) is 8.42 Å². The third-order valence-electron chi connectivity index (χ3n) is 5.56. The second-order valence-corrected chi connectivity index (χ2v) is 9.21. The van der Waals surface area contributed by atoms with Gasteiger partial charge < -0.3 is 4.90 Å². The Balaban J connectivity index is 1.87. The van der Waals surface area contributed by atoms with Crippen molar-refractivity contribution in [3.8, 4) is 0 Å². The van der Waals surface area contributed by atoms with Gasteiger partial charge in [0.2, 0.25) is 10.0 Å². The van der Waals surface area contributed by atoms with Crippen LogP contribution in [0.5, 0.6) is 0 Å². The number of sulfonamides is 1. The minimum Gasteiger partial charge on any atom is -0.339 e. The van der Waals surface area contributed by atoms with Gasteiger partial charge in [0, 0.05) is 31.7 Å². The minimum absolute atomic E-state index is 0.0789. The van der Waals surface area contributed by atoms with E-state index >= 15 is 0 Å². The molecule has 1 aromatic carbocycles. The Labute approximate surface area is 151 Å². The molecule has 1 amide bonds. The lowest BCUT2D eigenvalue weighted by Crippen LogP contribution is -2.38. The molecule has 0 atom stereocenters. The maximum Gasteiger partial charge on any atom is 0.253 e. The summed E-state index contributed by atoms with van der Waals surface area (Å²) < 4.78 is 27.3. The maximum absolute atomic E-state index is 12.9. The molecule has 6 heteroatoms. The van der Waals surface area contributed by atoms with Gasteiger partial charge in [-0.3, -0.25) is 4.79 Å². The van der Waals surface area contributed by atoms with E-state index < -0.39 is 10.0 Å². The van der Waals surface area contributed by atoms with Gasteiger partial charge in [0.15, 0.2) is 0 Å². The van der Waals surface area contributed by atoms with Crippen LogP contribution in [-0.4, -0.2) is 49.7 Å². The topological polar surface area (TPSA) is 57.7 Å². The number of carbonyl (C=O) groups is 1. The molecule has 3 rings (SSSR count). The highest BCUT2D eigenvalue weighted by Crippen LogP contribution is 2.27. The molecule has 2 fully saturated rings. The van der Waals surface area contributed by atoms with Gasteiger partial charge in [-0.05, 0) is 50.3 Å². The van der Waals surface area contributed by atoms with E-state index in [0.29, 0.717) is 24.2 Å². The number of amides is 1. The number of rotatable bonds is 4. The first kappa shape index (κ1) is 18.4. The van der Waals surface area contributed by atoms with E-state index in [9.17, 15) is 13.2 Å². The van der Waals surface area contributed by atoms with Gasteiger partial charge in [0.05, 0.1) is 4.90 Å². The minimum atomic E-state index is -3.51. The number of benzene rings is 1. The van der Waals surface area contributed by atoms with Crippen LogP contribution >= 0.6 is 0 Å². The molecule has 0 bridgehead atoms. The Kier molecular flexibility index (Phi) is 5.49. The van der Waals surface area contributed by atoms with Crippen LogP contribution in [0.4, 0.5) is 0 Å². The molecule has 1 saturated carbocycles. The zero-order chi connectivity index (χ0) is 18.0. The van der Waals surface area contributed by atoms with Gasteiger partial charge in [-0.15, -0.1) is 0 Å². The molecular weight excluding hydrogens is 336 g/mol. The van der Waals surface area contributed by atoms with Crippen LogP contribution in [0, 0.1) is 6.92 Å². The van der Waals surface area contributed by atoms with E-state index in [1.807, 2.05) is 7.05 Å². The van der Waals surface area contributed by atoms with Gasteiger partial charge >= 0.3 is 0 Å². The molecule has 0 unspecified atom stereocenters. The van der Waals surface area contributed by atoms with E-state index in [2.05, 4.69) is 0 Å². The van der Waals surface area contributed by atoms with Crippen LogP contribution in [0.1, 0.15) is 60.9 Å². The highest BCUT2D eigenvalue weighted by Gasteiger charge is 2.30. The Morgan fingerprint density at radius 2 is 1.72 bits per heavy atom. The first-order chi connectivity index (χ1) is 11.9. The Hall–Kier alpha value is -1.40. The summed E-state index contributed by atoms with van der Waals surface area (Å²) in [4.78, 5) is 15.0. The quantitative estimate of drug-likeness (QED) is 0.824. The molecule has 138 valence electrons. The molecule has 1 aromatic rings. The van der Waals surface area contributed by atoms with Crippen LogP contribution in [-0.2, 0) is 10.0 Å². The molecule has 25 heavy (non-hydrogen) atoms. The van der Waals surface area contributed by atoms with Crippen molar-refractivity contribution in [3.63, 3.8) is 0 Å². The van der Waals surface area contributed by atoms with E-state index in [0.717, 1.165) is 38.5 Å². The fourth-order valence-electron chi connectivity index (χ4n) is 3.92. The predicted octanol–water partition coefficient (Wildman–Crippen LogP) is 3.18. The third-order valence-corrected chi connectivity index (χ3v) is 7.60. The lowest BCUT2D eigenvalue weighted by molar-refractivity contribution is 0.0696. The molecule has 1 aliphatic heterocycles. The van der Waals surface area contributed by atoms with Gasteiger partial charge in [-0.2, -0.15) is 4.31 Å². The van der Waals surface area contributed by atoms with Gasteiger partial charge in [0.1, 0.15) is 0 Å². The van der Waals surface area contributed by atoms with E-state index in [-0.39, 0.29) is 16.8 Å². The first-order valence-electron chi connectivity index (χ1n) is 9.29. The Morgan fingerprint density at radius 3 is 2.36 bits per heavy atom. The summed E-state index contributed by atoms with van der Waals surface area (Å²) >= 11 is 0. The van der Waals surface area contributed by atoms with Crippen molar-refractivity contribution < 1.29 is 13.2 Å². The average molecular weight is 365 g/mol. The highest BCUT2D eigenvalue weighted by molar-refractivity contribution is 7.89. The predicted molar refractivity (Wildman–Crippen MR) is 98.1 cm³/mol. The Bertz CT molecular complexity index is 733. The molecule has 0 aromatic heterocycles. The number of carbonyl (C=O) groups excluding carboxylic acids is 1. The summed E-state index contributed by atoms with van der Waals surface area (Å²) in [6.45, 7) is 2.94. The molecule has 0 spiro atoms. The van der Waals surface area contributed by atoms with Crippen LogP contribution in [0.3, 0.4) is 0 Å². The van der Waals surface area contributed by atoms with Crippen molar-refractivity contribution in [2.45, 2.75) is 62.8 Å². The van der Waals surface area contributed by atoms with Crippen molar-refractivity contribution in [1.29, 1.82) is 0 Å². The van der Waals surface area contributed by atoms with Gasteiger partial charge in [0.25, 0.3) is 5.91 Å². The summed E-state index contributed by atoms with van der Waals surface area (Å²) in [5, 5.41) is 0. The Morgan fingerprint density at radius 1 is 1.08 bits per heavy atom. The zero-order valence-corrected chi connectivity index (χ0v) is 16.0. The molecule has 1 aliphatic carbocycles. The van der Waals surface area contributed by atoms with Crippen LogP contribution in [0.15, 0.2) is 23.1 Å². The van der Waals surface area contributed by atoms with E-state index in [1.54, 1.807) is 30.0 Å². The van der Waals surface area contributed by atoms with Crippen molar-refractivity contribution in [2.75, 3.05) is 20.1 Å². The molecule has 0 N–H and O–H groups in total. The smallest absolute Gasteiger partial charge is 0.253 e.